The van der Waals surface area contributed by atoms with Crippen LogP contribution in [-0.2, 0) is 32.7 Å². The minimum Gasteiger partial charge on any atom is -0.462 e. The van der Waals surface area contributed by atoms with E-state index < -0.39 is 26.5 Å². The van der Waals surface area contributed by atoms with Gasteiger partial charge in [-0.1, -0.05) is 177 Å². The summed E-state index contributed by atoms with van der Waals surface area (Å²) in [5, 5.41) is 0. The van der Waals surface area contributed by atoms with Gasteiger partial charge >= 0.3 is 19.8 Å². The molecule has 62 heavy (non-hydrogen) atoms. The van der Waals surface area contributed by atoms with Crippen molar-refractivity contribution in [3.8, 4) is 0 Å². The van der Waals surface area contributed by atoms with E-state index in [1.165, 1.54) is 116 Å². The SMILES string of the molecule is CCCCCCCC/C=C/CCCCCCCCCC(=O)OC[C@H](COP(=O)(O)OCC[N+](C)(C)C)OC(=O)CCC/C=C/C/C=C/C/C=C/C/C=C/CCCCCCCCC. The van der Waals surface area contributed by atoms with E-state index in [9.17, 15) is 19.0 Å². The lowest BCUT2D eigenvalue weighted by atomic mass is 10.1. The normalized spacial score (nSPS) is 14.0. The van der Waals surface area contributed by atoms with Crippen molar-refractivity contribution in [1.29, 1.82) is 0 Å². The minimum atomic E-state index is -4.40. The number of quaternary nitrogens is 1. The molecule has 1 N–H and O–H groups in total. The second-order valence-electron chi connectivity index (χ2n) is 17.8. The first kappa shape index (κ1) is 59.7. The molecule has 9 nitrogen and oxygen atoms in total. The molecule has 1 unspecified atom stereocenters. The molecule has 0 saturated heterocycles. The lowest BCUT2D eigenvalue weighted by Crippen LogP contribution is -2.37. The molecular formula is C52H95NO8P+. The van der Waals surface area contributed by atoms with Gasteiger partial charge in [0.2, 0.25) is 0 Å². The molecule has 0 amide bonds. The number of phosphoric ester groups is 1. The van der Waals surface area contributed by atoms with Crippen LogP contribution in [-0.4, -0.2) is 74.9 Å². The Labute approximate surface area is 381 Å². The third-order valence-corrected chi connectivity index (χ3v) is 11.5. The number of hydrogen-bond acceptors (Lipinski definition) is 7. The van der Waals surface area contributed by atoms with E-state index >= 15 is 0 Å². The number of likely N-dealkylation sites (N-methyl/N-ethyl adjacent to an activating group) is 1. The summed E-state index contributed by atoms with van der Waals surface area (Å²) in [6.45, 7) is 4.36. The van der Waals surface area contributed by atoms with Crippen LogP contribution >= 0.6 is 7.82 Å². The highest BCUT2D eigenvalue weighted by Crippen LogP contribution is 2.43. The summed E-state index contributed by atoms with van der Waals surface area (Å²) < 4.78 is 34.3. The topological polar surface area (TPSA) is 108 Å². The molecule has 0 spiro atoms. The van der Waals surface area contributed by atoms with Crippen molar-refractivity contribution in [2.45, 2.75) is 213 Å². The molecule has 0 radical (unpaired) electrons. The molecule has 2 atom stereocenters. The highest BCUT2D eigenvalue weighted by atomic mass is 31.2. The smallest absolute Gasteiger partial charge is 0.462 e. The summed E-state index contributed by atoms with van der Waals surface area (Å²) in [6, 6.07) is 0. The van der Waals surface area contributed by atoms with Gasteiger partial charge in [-0.15, -0.1) is 0 Å². The molecule has 360 valence electrons. The molecule has 10 heteroatoms. The summed E-state index contributed by atoms with van der Waals surface area (Å²) in [5.41, 5.74) is 0. The van der Waals surface area contributed by atoms with Crippen LogP contribution in [0.25, 0.3) is 0 Å². The standard InChI is InChI=1S/C52H94NO8P/c1-6-8-10-12-14-16-18-20-22-24-25-26-27-29-31-33-35-37-39-41-43-45-52(55)61-50(49-60-62(56,57)59-47-46-53(3,4)5)48-58-51(54)44-42-40-38-36-34-32-30-28-23-21-19-17-15-13-11-9-7-2/h21-24,26-27,31,33,37,39,50H,6-20,25,28-30,32,34-36,38,40-49H2,1-5H3/p+1/b23-21+,24-22+,27-26+,33-31+,39-37+/t50-/m1/s1. The zero-order valence-corrected chi connectivity index (χ0v) is 41.5. The maximum Gasteiger partial charge on any atom is 0.472 e. The van der Waals surface area contributed by atoms with Crippen LogP contribution in [0.15, 0.2) is 60.8 Å². The van der Waals surface area contributed by atoms with Crippen molar-refractivity contribution in [2.75, 3.05) is 47.5 Å². The number of hydrogen-bond donors (Lipinski definition) is 1. The molecule has 0 aromatic rings. The third-order valence-electron chi connectivity index (χ3n) is 10.5. The largest absolute Gasteiger partial charge is 0.472 e. The van der Waals surface area contributed by atoms with Crippen LogP contribution < -0.4 is 0 Å². The summed E-state index contributed by atoms with van der Waals surface area (Å²) >= 11 is 0. The van der Waals surface area contributed by atoms with E-state index in [1.807, 2.05) is 21.1 Å². The lowest BCUT2D eigenvalue weighted by Gasteiger charge is -2.24. The van der Waals surface area contributed by atoms with E-state index in [0.717, 1.165) is 51.4 Å². The van der Waals surface area contributed by atoms with Crippen molar-refractivity contribution in [3.63, 3.8) is 0 Å². The number of nitrogens with zero attached hydrogens (tertiary/aromatic N) is 1. The Morgan fingerprint density at radius 1 is 0.500 bits per heavy atom. The fourth-order valence-electron chi connectivity index (χ4n) is 6.59. The summed E-state index contributed by atoms with van der Waals surface area (Å²) in [4.78, 5) is 35.5. The maximum atomic E-state index is 12.7. The average molecular weight is 893 g/mol. The van der Waals surface area contributed by atoms with Gasteiger partial charge in [0.05, 0.1) is 27.7 Å². The molecule has 0 aliphatic carbocycles. The van der Waals surface area contributed by atoms with Gasteiger partial charge in [-0.3, -0.25) is 18.6 Å². The highest BCUT2D eigenvalue weighted by Gasteiger charge is 2.27. The molecule has 0 fully saturated rings. The van der Waals surface area contributed by atoms with Crippen LogP contribution in [0.1, 0.15) is 206 Å². The number of unbranched alkanes of at least 4 members (excludes halogenated alkanes) is 21. The van der Waals surface area contributed by atoms with Crippen molar-refractivity contribution < 1.29 is 42.1 Å². The number of esters is 2. The molecule has 0 aromatic carbocycles. The second-order valence-corrected chi connectivity index (χ2v) is 19.3. The van der Waals surface area contributed by atoms with Gasteiger partial charge in [-0.2, -0.15) is 0 Å². The van der Waals surface area contributed by atoms with Gasteiger partial charge < -0.3 is 18.9 Å². The van der Waals surface area contributed by atoms with Gasteiger partial charge in [0.25, 0.3) is 0 Å². The Bertz CT molecular complexity index is 1240. The van der Waals surface area contributed by atoms with Crippen molar-refractivity contribution in [1.82, 2.24) is 0 Å². The lowest BCUT2D eigenvalue weighted by molar-refractivity contribution is -0.870. The van der Waals surface area contributed by atoms with E-state index in [1.54, 1.807) is 0 Å². The number of ether oxygens (including phenoxy) is 2. The van der Waals surface area contributed by atoms with Gasteiger partial charge in [-0.25, -0.2) is 4.57 Å². The molecule has 0 heterocycles. The molecular weight excluding hydrogens is 798 g/mol. The van der Waals surface area contributed by atoms with Crippen LogP contribution in [0, 0.1) is 0 Å². The third kappa shape index (κ3) is 47.2. The van der Waals surface area contributed by atoms with Gasteiger partial charge in [0, 0.05) is 12.8 Å². The molecule has 0 aliphatic heterocycles. The van der Waals surface area contributed by atoms with E-state index in [2.05, 4.69) is 74.6 Å². The Hall–Kier alpha value is -2.29. The fourth-order valence-corrected chi connectivity index (χ4v) is 7.33. The first-order valence-electron chi connectivity index (χ1n) is 25.0. The number of rotatable bonds is 45. The van der Waals surface area contributed by atoms with Crippen LogP contribution in [0.4, 0.5) is 0 Å². The number of allylic oxidation sites excluding steroid dienone is 10. The van der Waals surface area contributed by atoms with E-state index in [4.69, 9.17) is 18.5 Å². The van der Waals surface area contributed by atoms with Crippen molar-refractivity contribution in [2.24, 2.45) is 0 Å². The average Bonchev–Trinajstić information content (AvgIpc) is 3.23. The maximum absolute atomic E-state index is 12.7. The minimum absolute atomic E-state index is 0.0189. The van der Waals surface area contributed by atoms with Crippen LogP contribution in [0.3, 0.4) is 0 Å². The zero-order valence-electron chi connectivity index (χ0n) is 40.6. The van der Waals surface area contributed by atoms with Crippen molar-refractivity contribution in [3.05, 3.63) is 60.8 Å². The van der Waals surface area contributed by atoms with Crippen molar-refractivity contribution >= 4 is 19.8 Å². The molecule has 0 rings (SSSR count). The van der Waals surface area contributed by atoms with Gasteiger partial charge in [-0.05, 0) is 77.0 Å². The highest BCUT2D eigenvalue weighted by molar-refractivity contribution is 7.47. The summed E-state index contributed by atoms with van der Waals surface area (Å²) in [7, 11) is 1.44. The number of carbonyl (C=O) groups excluding carboxylic acids is 2. The quantitative estimate of drug-likeness (QED) is 0.0212. The monoisotopic (exact) mass is 893 g/mol. The zero-order chi connectivity index (χ0) is 45.7. The first-order chi connectivity index (χ1) is 30.0. The fraction of sp³-hybridized carbons (Fsp3) is 0.769. The van der Waals surface area contributed by atoms with Crippen LogP contribution in [0.2, 0.25) is 0 Å². The van der Waals surface area contributed by atoms with Gasteiger partial charge in [0.15, 0.2) is 6.10 Å². The Morgan fingerprint density at radius 3 is 1.35 bits per heavy atom. The Kier molecular flexibility index (Phi) is 42.3. The predicted octanol–water partition coefficient (Wildman–Crippen LogP) is 14.8. The number of phosphoric acid groups is 1. The van der Waals surface area contributed by atoms with Gasteiger partial charge in [0.1, 0.15) is 19.8 Å². The first-order valence-corrected chi connectivity index (χ1v) is 26.5. The summed E-state index contributed by atoms with van der Waals surface area (Å²) in [6.07, 6.45) is 54.2. The molecule has 0 saturated carbocycles. The van der Waals surface area contributed by atoms with E-state index in [-0.39, 0.29) is 32.0 Å². The second kappa shape index (κ2) is 43.9. The van der Waals surface area contributed by atoms with E-state index in [0.29, 0.717) is 23.9 Å². The Balaban J connectivity index is 4.39. The predicted molar refractivity (Wildman–Crippen MR) is 261 cm³/mol. The molecule has 0 bridgehead atoms. The molecule has 0 aliphatic rings. The summed E-state index contributed by atoms with van der Waals surface area (Å²) in [5.74, 6) is -0.868. The van der Waals surface area contributed by atoms with Crippen LogP contribution in [0.5, 0.6) is 0 Å². The number of carbonyl (C=O) groups is 2. The molecule has 0 aromatic heterocycles. The Morgan fingerprint density at radius 2 is 0.887 bits per heavy atom.